The topological polar surface area (TPSA) is 108 Å². The van der Waals surface area contributed by atoms with Gasteiger partial charge in [-0.05, 0) is 48.9 Å². The molecule has 0 aliphatic rings. The lowest BCUT2D eigenvalue weighted by molar-refractivity contribution is -0.120. The summed E-state index contributed by atoms with van der Waals surface area (Å²) in [4.78, 5) is 12.3. The van der Waals surface area contributed by atoms with E-state index in [2.05, 4.69) is 20.8 Å². The molecule has 0 spiro atoms. The molecule has 1 heterocycles. The van der Waals surface area contributed by atoms with Crippen LogP contribution in [-0.2, 0) is 4.79 Å². The number of carbonyl (C=O) groups excluding carboxylic acids is 1. The van der Waals surface area contributed by atoms with Gasteiger partial charge in [0.15, 0.2) is 5.82 Å². The van der Waals surface area contributed by atoms with Crippen molar-refractivity contribution in [3.63, 3.8) is 0 Å². The lowest BCUT2D eigenvalue weighted by Crippen LogP contribution is -2.48. The lowest BCUT2D eigenvalue weighted by atomic mass is 9.96. The van der Waals surface area contributed by atoms with E-state index in [0.717, 1.165) is 6.42 Å². The Kier molecular flexibility index (Phi) is 6.68. The first kappa shape index (κ1) is 19.9. The number of nitrogens with zero attached hydrogens (tertiary/aromatic N) is 4. The van der Waals surface area contributed by atoms with E-state index in [1.54, 1.807) is 43.8 Å². The Morgan fingerprint density at radius 1 is 1.46 bits per heavy atom. The van der Waals surface area contributed by atoms with Gasteiger partial charge in [0.1, 0.15) is 11.4 Å². The van der Waals surface area contributed by atoms with Gasteiger partial charge < -0.3 is 15.8 Å². The largest absolute Gasteiger partial charge is 0.494 e. The van der Waals surface area contributed by atoms with Crippen molar-refractivity contribution in [2.45, 2.75) is 39.2 Å². The quantitative estimate of drug-likeness (QED) is 0.819. The SMILES string of the molecule is CCCC(C)(N)C(=O)Nc1ccc(OC)c(-n2nnnc2C)c1.Cl. The standard InChI is InChI=1S/C15H22N6O2.ClH/c1-5-8-15(3,16)14(22)17-11-6-7-13(23-4)12(9-11)21-10(2)18-19-20-21;/h6-7,9H,5,8,16H2,1-4H3,(H,17,22);1H. The smallest absolute Gasteiger partial charge is 0.244 e. The summed E-state index contributed by atoms with van der Waals surface area (Å²) in [5.41, 5.74) is 6.39. The molecule has 0 aliphatic heterocycles. The van der Waals surface area contributed by atoms with E-state index >= 15 is 0 Å². The fraction of sp³-hybridized carbons (Fsp3) is 0.467. The minimum Gasteiger partial charge on any atom is -0.494 e. The third-order valence-corrected chi connectivity index (χ3v) is 3.58. The van der Waals surface area contributed by atoms with Crippen molar-refractivity contribution in [3.8, 4) is 11.4 Å². The Balaban J connectivity index is 0.00000288. The van der Waals surface area contributed by atoms with Crippen LogP contribution in [0.1, 0.15) is 32.5 Å². The van der Waals surface area contributed by atoms with Crippen LogP contribution in [0, 0.1) is 6.92 Å². The van der Waals surface area contributed by atoms with Crippen molar-refractivity contribution in [2.24, 2.45) is 5.73 Å². The predicted molar refractivity (Wildman–Crippen MR) is 93.8 cm³/mol. The number of rotatable bonds is 6. The number of carbonyl (C=O) groups is 1. The molecule has 1 atom stereocenters. The summed E-state index contributed by atoms with van der Waals surface area (Å²) in [5.74, 6) is 0.979. The van der Waals surface area contributed by atoms with Crippen LogP contribution in [0.3, 0.4) is 0 Å². The van der Waals surface area contributed by atoms with Gasteiger partial charge in [-0.2, -0.15) is 4.68 Å². The molecule has 1 unspecified atom stereocenters. The molecule has 0 fully saturated rings. The number of hydrogen-bond donors (Lipinski definition) is 2. The summed E-state index contributed by atoms with van der Waals surface area (Å²) < 4.78 is 6.88. The predicted octanol–water partition coefficient (Wildman–Crippen LogP) is 1.86. The molecule has 1 amide bonds. The van der Waals surface area contributed by atoms with Crippen LogP contribution in [0.15, 0.2) is 18.2 Å². The molecule has 9 heteroatoms. The van der Waals surface area contributed by atoms with Crippen LogP contribution in [0.4, 0.5) is 5.69 Å². The minimum atomic E-state index is -0.917. The van der Waals surface area contributed by atoms with E-state index in [9.17, 15) is 4.79 Å². The Morgan fingerprint density at radius 2 is 2.17 bits per heavy atom. The molecule has 2 aromatic rings. The molecule has 24 heavy (non-hydrogen) atoms. The number of methoxy groups -OCH3 is 1. The lowest BCUT2D eigenvalue weighted by Gasteiger charge is -2.23. The maximum absolute atomic E-state index is 12.3. The second-order valence-electron chi connectivity index (χ2n) is 5.65. The van der Waals surface area contributed by atoms with Gasteiger partial charge in [-0.25, -0.2) is 0 Å². The minimum absolute atomic E-state index is 0. The highest BCUT2D eigenvalue weighted by atomic mass is 35.5. The van der Waals surface area contributed by atoms with Gasteiger partial charge in [0.05, 0.1) is 12.6 Å². The van der Waals surface area contributed by atoms with Gasteiger partial charge in [0, 0.05) is 5.69 Å². The van der Waals surface area contributed by atoms with Crippen molar-refractivity contribution >= 4 is 24.0 Å². The van der Waals surface area contributed by atoms with E-state index in [1.165, 1.54) is 0 Å². The zero-order valence-corrected chi connectivity index (χ0v) is 15.1. The Labute approximate surface area is 147 Å². The first-order valence-electron chi connectivity index (χ1n) is 7.42. The molecule has 3 N–H and O–H groups in total. The van der Waals surface area contributed by atoms with Crippen molar-refractivity contribution in [3.05, 3.63) is 24.0 Å². The highest BCUT2D eigenvalue weighted by molar-refractivity contribution is 5.97. The summed E-state index contributed by atoms with van der Waals surface area (Å²) in [6.07, 6.45) is 1.44. The molecule has 1 aromatic heterocycles. The van der Waals surface area contributed by atoms with Crippen LogP contribution in [-0.4, -0.2) is 38.8 Å². The van der Waals surface area contributed by atoms with E-state index in [4.69, 9.17) is 10.5 Å². The highest BCUT2D eigenvalue weighted by Gasteiger charge is 2.27. The fourth-order valence-corrected chi connectivity index (χ4v) is 2.29. The number of ether oxygens (including phenoxy) is 1. The van der Waals surface area contributed by atoms with Crippen LogP contribution in [0.2, 0.25) is 0 Å². The first-order chi connectivity index (χ1) is 10.9. The van der Waals surface area contributed by atoms with Crippen molar-refractivity contribution in [2.75, 3.05) is 12.4 Å². The number of aryl methyl sites for hydroxylation is 1. The number of aromatic nitrogens is 4. The van der Waals surface area contributed by atoms with E-state index in [-0.39, 0.29) is 18.3 Å². The monoisotopic (exact) mass is 354 g/mol. The van der Waals surface area contributed by atoms with Crippen LogP contribution in [0.5, 0.6) is 5.75 Å². The van der Waals surface area contributed by atoms with Gasteiger partial charge in [-0.3, -0.25) is 4.79 Å². The summed E-state index contributed by atoms with van der Waals surface area (Å²) >= 11 is 0. The number of halogens is 1. The summed E-state index contributed by atoms with van der Waals surface area (Å²) in [6, 6.07) is 5.25. The molecule has 2 rings (SSSR count). The molecular formula is C15H23ClN6O2. The van der Waals surface area contributed by atoms with Crippen LogP contribution >= 0.6 is 12.4 Å². The van der Waals surface area contributed by atoms with Gasteiger partial charge in [-0.15, -0.1) is 17.5 Å². The molecule has 0 saturated heterocycles. The maximum Gasteiger partial charge on any atom is 0.244 e. The number of nitrogens with two attached hydrogens (primary N) is 1. The van der Waals surface area contributed by atoms with Crippen molar-refractivity contribution in [1.29, 1.82) is 0 Å². The Hall–Kier alpha value is -2.19. The van der Waals surface area contributed by atoms with Gasteiger partial charge in [0.2, 0.25) is 5.91 Å². The first-order valence-corrected chi connectivity index (χ1v) is 7.42. The zero-order chi connectivity index (χ0) is 17.0. The highest BCUT2D eigenvalue weighted by Crippen LogP contribution is 2.27. The van der Waals surface area contributed by atoms with Crippen molar-refractivity contribution in [1.82, 2.24) is 20.2 Å². The number of nitrogens with one attached hydrogen (secondary N) is 1. The van der Waals surface area contributed by atoms with Crippen LogP contribution in [0.25, 0.3) is 5.69 Å². The number of tetrazole rings is 1. The molecule has 0 radical (unpaired) electrons. The van der Waals surface area contributed by atoms with E-state index in [0.29, 0.717) is 29.4 Å². The molecular weight excluding hydrogens is 332 g/mol. The molecule has 0 aliphatic carbocycles. The second-order valence-corrected chi connectivity index (χ2v) is 5.65. The number of hydrogen-bond acceptors (Lipinski definition) is 6. The summed E-state index contributed by atoms with van der Waals surface area (Å²) in [5, 5.41) is 14.3. The molecule has 0 bridgehead atoms. The number of anilines is 1. The van der Waals surface area contributed by atoms with Crippen LogP contribution < -0.4 is 15.8 Å². The maximum atomic E-state index is 12.3. The van der Waals surface area contributed by atoms with Gasteiger partial charge in [0.25, 0.3) is 0 Å². The summed E-state index contributed by atoms with van der Waals surface area (Å²) in [6.45, 7) is 5.50. The average molecular weight is 355 g/mol. The molecule has 1 aromatic carbocycles. The van der Waals surface area contributed by atoms with Crippen molar-refractivity contribution < 1.29 is 9.53 Å². The third-order valence-electron chi connectivity index (χ3n) is 3.58. The zero-order valence-electron chi connectivity index (χ0n) is 14.2. The van der Waals surface area contributed by atoms with Gasteiger partial charge in [-0.1, -0.05) is 13.3 Å². The molecule has 132 valence electrons. The van der Waals surface area contributed by atoms with Gasteiger partial charge >= 0.3 is 0 Å². The second kappa shape index (κ2) is 8.07. The third kappa shape index (κ3) is 4.21. The molecule has 8 nitrogen and oxygen atoms in total. The number of benzene rings is 1. The Morgan fingerprint density at radius 3 is 2.71 bits per heavy atom. The normalized spacial score (nSPS) is 12.9. The van der Waals surface area contributed by atoms with E-state index in [1.807, 2.05) is 6.92 Å². The van der Waals surface area contributed by atoms with E-state index < -0.39 is 5.54 Å². The average Bonchev–Trinajstić information content (AvgIpc) is 2.93. The Bertz CT molecular complexity index is 701. The number of amides is 1. The fourth-order valence-electron chi connectivity index (χ4n) is 2.29. The summed E-state index contributed by atoms with van der Waals surface area (Å²) in [7, 11) is 1.56. The molecule has 0 saturated carbocycles.